The van der Waals surface area contributed by atoms with Gasteiger partial charge >= 0.3 is 5.97 Å². The normalized spacial score (nSPS) is 14.3. The van der Waals surface area contributed by atoms with Crippen LogP contribution in [0.25, 0.3) is 0 Å². The zero-order valence-corrected chi connectivity index (χ0v) is 48.5. The summed E-state index contributed by atoms with van der Waals surface area (Å²) in [5.41, 5.74) is 0. The molecule has 0 aliphatic carbocycles. The fourth-order valence-electron chi connectivity index (χ4n) is 8.22. The van der Waals surface area contributed by atoms with Crippen molar-refractivity contribution in [3.8, 4) is 0 Å². The molecule has 0 heterocycles. The minimum Gasteiger partial charge on any atom is -0.756 e. The number of phosphoric acid groups is 1. The van der Waals surface area contributed by atoms with Gasteiger partial charge in [0.25, 0.3) is 7.82 Å². The van der Waals surface area contributed by atoms with Crippen LogP contribution < -0.4 is 10.2 Å². The summed E-state index contributed by atoms with van der Waals surface area (Å²) in [6.45, 7) is 6.76. The number of hydrogen-bond donors (Lipinski definition) is 1. The summed E-state index contributed by atoms with van der Waals surface area (Å²) in [5.74, 6) is -0.569. The van der Waals surface area contributed by atoms with E-state index in [2.05, 4.69) is 86.8 Å². The Balaban J connectivity index is 5.35. The Labute approximate surface area is 444 Å². The van der Waals surface area contributed by atoms with Crippen molar-refractivity contribution in [2.45, 2.75) is 270 Å². The largest absolute Gasteiger partial charge is 0.756 e. The molecule has 0 rings (SSSR count). The number of carbonyl (C=O) groups excluding carboxylic acids is 2. The van der Waals surface area contributed by atoms with Crippen LogP contribution in [0.2, 0.25) is 0 Å². The zero-order chi connectivity index (χ0) is 52.9. The van der Waals surface area contributed by atoms with Crippen LogP contribution in [-0.2, 0) is 27.9 Å². The summed E-state index contributed by atoms with van der Waals surface area (Å²) in [7, 11) is 1.16. The Morgan fingerprint density at radius 2 is 0.889 bits per heavy atom. The van der Waals surface area contributed by atoms with Crippen LogP contribution in [0.3, 0.4) is 0 Å². The van der Waals surface area contributed by atoms with Gasteiger partial charge in [0.2, 0.25) is 5.91 Å². The molecule has 10 heteroatoms. The minimum atomic E-state index is -4.70. The van der Waals surface area contributed by atoms with Gasteiger partial charge in [-0.3, -0.25) is 14.2 Å². The third kappa shape index (κ3) is 52.3. The number of rotatable bonds is 53. The molecule has 0 saturated heterocycles. The first-order valence-electron chi connectivity index (χ1n) is 29.8. The number of nitrogens with zero attached hydrogens (tertiary/aromatic N) is 1. The monoisotopic (exact) mass is 1030 g/mol. The van der Waals surface area contributed by atoms with Crippen molar-refractivity contribution < 1.29 is 37.3 Å². The van der Waals surface area contributed by atoms with Gasteiger partial charge in [0.15, 0.2) is 0 Å². The molecular weight excluding hydrogens is 916 g/mol. The zero-order valence-electron chi connectivity index (χ0n) is 47.6. The highest BCUT2D eigenvalue weighted by molar-refractivity contribution is 7.45. The minimum absolute atomic E-state index is 0.0294. The number of likely N-dealkylation sites (N-methyl/N-ethyl adjacent to an activating group) is 1. The van der Waals surface area contributed by atoms with Crippen LogP contribution in [0.4, 0.5) is 0 Å². The molecule has 0 aromatic heterocycles. The topological polar surface area (TPSA) is 114 Å². The summed E-state index contributed by atoms with van der Waals surface area (Å²) in [5, 5.41) is 3.01. The predicted octanol–water partition coefficient (Wildman–Crippen LogP) is 17.4. The Kier molecular flexibility index (Phi) is 50.1. The van der Waals surface area contributed by atoms with E-state index < -0.39 is 26.6 Å². The number of ether oxygens (including phenoxy) is 1. The summed E-state index contributed by atoms with van der Waals surface area (Å²) in [6.07, 6.45) is 65.7. The van der Waals surface area contributed by atoms with Crippen LogP contribution in [0.5, 0.6) is 0 Å². The van der Waals surface area contributed by atoms with Crippen molar-refractivity contribution in [2.24, 2.45) is 0 Å². The van der Waals surface area contributed by atoms with Gasteiger partial charge in [-0.25, -0.2) is 0 Å². The number of esters is 1. The number of unbranched alkanes of at least 4 members (excludes halogenated alkanes) is 28. The maximum Gasteiger partial charge on any atom is 0.306 e. The van der Waals surface area contributed by atoms with Crippen LogP contribution in [-0.4, -0.2) is 69.4 Å². The molecule has 0 radical (unpaired) electrons. The summed E-state index contributed by atoms with van der Waals surface area (Å²) in [6, 6.07) is -0.902. The highest BCUT2D eigenvalue weighted by atomic mass is 31.2. The van der Waals surface area contributed by atoms with Gasteiger partial charge in [0.05, 0.1) is 33.8 Å². The Bertz CT molecular complexity index is 1460. The first kappa shape index (κ1) is 69.5. The average Bonchev–Trinajstić information content (AvgIpc) is 3.34. The third-order valence-corrected chi connectivity index (χ3v) is 13.9. The first-order chi connectivity index (χ1) is 34.9. The lowest BCUT2D eigenvalue weighted by Crippen LogP contribution is -2.47. The molecule has 1 N–H and O–H groups in total. The molecule has 72 heavy (non-hydrogen) atoms. The average molecular weight is 1030 g/mol. The number of nitrogens with one attached hydrogen (secondary N) is 1. The lowest BCUT2D eigenvalue weighted by atomic mass is 10.0. The van der Waals surface area contributed by atoms with E-state index in [-0.39, 0.29) is 24.9 Å². The van der Waals surface area contributed by atoms with Gasteiger partial charge in [-0.15, -0.1) is 0 Å². The third-order valence-electron chi connectivity index (χ3n) is 12.9. The summed E-state index contributed by atoms with van der Waals surface area (Å²) >= 11 is 0. The molecular formula is C62H113N2O7P. The SMILES string of the molecule is CCCCC/C=C\C/C=C\C/C=C\CCCCCCCCC(=O)OC(/C=C/CCCCCCCCCCCC)C(COP(=O)([O-])OCC[N+](C)(C)C)NC(=O)CCCCCCCC/C=C/C=C/CCCCC. The van der Waals surface area contributed by atoms with Gasteiger partial charge in [0.1, 0.15) is 19.3 Å². The van der Waals surface area contributed by atoms with E-state index in [1.54, 1.807) is 0 Å². The van der Waals surface area contributed by atoms with E-state index in [9.17, 15) is 19.0 Å². The van der Waals surface area contributed by atoms with E-state index in [1.165, 1.54) is 103 Å². The van der Waals surface area contributed by atoms with E-state index in [0.29, 0.717) is 23.9 Å². The van der Waals surface area contributed by atoms with Crippen molar-refractivity contribution in [3.63, 3.8) is 0 Å². The lowest BCUT2D eigenvalue weighted by molar-refractivity contribution is -0.870. The maximum absolute atomic E-state index is 13.5. The molecule has 418 valence electrons. The fourth-order valence-corrected chi connectivity index (χ4v) is 8.95. The molecule has 0 aromatic carbocycles. The number of hydrogen-bond acceptors (Lipinski definition) is 7. The maximum atomic E-state index is 13.5. The molecule has 3 unspecified atom stereocenters. The Morgan fingerprint density at radius 1 is 0.500 bits per heavy atom. The van der Waals surface area contributed by atoms with E-state index in [1.807, 2.05) is 33.3 Å². The Hall–Kier alpha value is -2.55. The lowest BCUT2D eigenvalue weighted by Gasteiger charge is -2.30. The van der Waals surface area contributed by atoms with Gasteiger partial charge < -0.3 is 28.5 Å². The molecule has 1 amide bonds. The second-order valence-electron chi connectivity index (χ2n) is 21.2. The van der Waals surface area contributed by atoms with E-state index in [4.69, 9.17) is 13.8 Å². The van der Waals surface area contributed by atoms with Crippen molar-refractivity contribution in [1.82, 2.24) is 5.32 Å². The van der Waals surface area contributed by atoms with Crippen LogP contribution in [0.15, 0.2) is 72.9 Å². The molecule has 0 saturated carbocycles. The molecule has 0 aromatic rings. The molecule has 0 aliphatic heterocycles. The molecule has 0 spiro atoms. The van der Waals surface area contributed by atoms with Crippen molar-refractivity contribution >= 4 is 19.7 Å². The molecule has 0 aliphatic rings. The molecule has 0 bridgehead atoms. The van der Waals surface area contributed by atoms with Gasteiger partial charge in [-0.05, 0) is 96.0 Å². The van der Waals surface area contributed by atoms with Crippen LogP contribution in [0, 0.1) is 0 Å². The second kappa shape index (κ2) is 51.9. The van der Waals surface area contributed by atoms with Crippen LogP contribution >= 0.6 is 7.82 Å². The van der Waals surface area contributed by atoms with E-state index in [0.717, 1.165) is 116 Å². The number of quaternary nitrogens is 1. The van der Waals surface area contributed by atoms with Crippen LogP contribution in [0.1, 0.15) is 258 Å². The first-order valence-corrected chi connectivity index (χ1v) is 31.2. The quantitative estimate of drug-likeness (QED) is 0.0161. The number of amides is 1. The van der Waals surface area contributed by atoms with Crippen molar-refractivity contribution in [3.05, 3.63) is 72.9 Å². The summed E-state index contributed by atoms with van der Waals surface area (Å²) in [4.78, 5) is 39.9. The van der Waals surface area contributed by atoms with E-state index >= 15 is 0 Å². The molecule has 9 nitrogen and oxygen atoms in total. The van der Waals surface area contributed by atoms with Crippen molar-refractivity contribution in [1.29, 1.82) is 0 Å². The van der Waals surface area contributed by atoms with Gasteiger partial charge in [-0.2, -0.15) is 0 Å². The predicted molar refractivity (Wildman–Crippen MR) is 307 cm³/mol. The summed E-state index contributed by atoms with van der Waals surface area (Å²) < 4.78 is 30.2. The highest BCUT2D eigenvalue weighted by Crippen LogP contribution is 2.38. The molecule has 3 atom stereocenters. The number of phosphoric ester groups is 1. The standard InChI is InChI=1S/C62H113N2O7P/c1-7-10-13-16-19-22-25-28-30-31-32-33-35-37-40-43-46-49-52-55-62(66)71-60(53-50-47-44-41-38-27-24-21-18-15-12-9-3)59(58-70-72(67,68)69-57-56-64(4,5)6)63-61(65)54-51-48-45-42-39-36-34-29-26-23-20-17-14-11-8-2/h19-20,22-23,26,28-30,32-33,50,53,59-60H,7-18,21,24-25,27,31,34-49,51-52,54-58H2,1-6H3,(H-,63,65,67,68)/b22-19-,23-20+,29-26+,30-28-,33-32-,53-50+. The van der Waals surface area contributed by atoms with Crippen molar-refractivity contribution in [2.75, 3.05) is 40.9 Å². The molecule has 0 fully saturated rings. The number of allylic oxidation sites excluding steroid dienone is 11. The fraction of sp³-hybridized carbons (Fsp3) is 0.774. The highest BCUT2D eigenvalue weighted by Gasteiger charge is 2.27. The van der Waals surface area contributed by atoms with Gasteiger partial charge in [0, 0.05) is 12.8 Å². The second-order valence-corrected chi connectivity index (χ2v) is 22.6. The number of carbonyl (C=O) groups is 2. The van der Waals surface area contributed by atoms with Gasteiger partial charge in [-0.1, -0.05) is 222 Å². The Morgan fingerprint density at radius 3 is 1.38 bits per heavy atom. The smallest absolute Gasteiger partial charge is 0.306 e.